The highest BCUT2D eigenvalue weighted by molar-refractivity contribution is 7.99. The predicted molar refractivity (Wildman–Crippen MR) is 76.3 cm³/mol. The molecule has 1 heterocycles. The van der Waals surface area contributed by atoms with Gasteiger partial charge in [0, 0.05) is 11.2 Å². The number of rotatable bonds is 6. The number of fused-ring (bicyclic) bond motifs is 1. The number of nitrogens with one attached hydrogen (secondary N) is 2. The molecule has 2 fully saturated rings. The number of carboxylic acid groups (broad SMARTS) is 2. The normalized spacial score (nSPS) is 34.7. The summed E-state index contributed by atoms with van der Waals surface area (Å²) in [4.78, 5) is 34.9. The van der Waals surface area contributed by atoms with Crippen LogP contribution in [0.5, 0.6) is 0 Å². The maximum absolute atomic E-state index is 11.8. The summed E-state index contributed by atoms with van der Waals surface area (Å²) in [6, 6.07) is 0. The third kappa shape index (κ3) is 2.45. The molecule has 0 bridgehead atoms. The molecule has 23 heavy (non-hydrogen) atoms. The molecule has 0 saturated heterocycles. The van der Waals surface area contributed by atoms with Crippen LogP contribution in [0.4, 0.5) is 0 Å². The first-order valence-electron chi connectivity index (χ1n) is 6.90. The zero-order chi connectivity index (χ0) is 16.8. The number of nitrogens with zero attached hydrogens (tertiary/aromatic N) is 2. The summed E-state index contributed by atoms with van der Waals surface area (Å²) in [7, 11) is 0. The molecule has 1 aromatic rings. The molecule has 1 aromatic heterocycles. The van der Waals surface area contributed by atoms with Crippen LogP contribution >= 0.6 is 11.8 Å². The number of aliphatic carboxylic acids is 2. The van der Waals surface area contributed by atoms with E-state index in [2.05, 4.69) is 20.7 Å². The van der Waals surface area contributed by atoms with Crippen LogP contribution in [0.25, 0.3) is 0 Å². The fraction of sp³-hybridized carbons (Fsp3) is 0.583. The molecule has 0 aliphatic heterocycles. The van der Waals surface area contributed by atoms with Crippen molar-refractivity contribution in [1.82, 2.24) is 20.7 Å². The highest BCUT2D eigenvalue weighted by Crippen LogP contribution is 2.65. The van der Waals surface area contributed by atoms with Crippen molar-refractivity contribution >= 4 is 29.6 Å². The molecule has 2 saturated carbocycles. The van der Waals surface area contributed by atoms with E-state index in [1.165, 1.54) is 18.0 Å². The molecule has 0 radical (unpaired) electrons. The van der Waals surface area contributed by atoms with Gasteiger partial charge in [0.25, 0.3) is 0 Å². The summed E-state index contributed by atoms with van der Waals surface area (Å²) in [5, 5.41) is 31.7. The molecule has 6 N–H and O–H groups in total. The number of thioether (sulfide) groups is 1. The van der Waals surface area contributed by atoms with Gasteiger partial charge in [-0.15, -0.1) is 5.10 Å². The largest absolute Gasteiger partial charge is 0.481 e. The molecule has 3 rings (SSSR count). The van der Waals surface area contributed by atoms with Gasteiger partial charge in [-0.1, -0.05) is 11.8 Å². The van der Waals surface area contributed by atoms with Gasteiger partial charge in [-0.2, -0.15) is 10.3 Å². The zero-order valence-electron chi connectivity index (χ0n) is 11.8. The Labute approximate surface area is 134 Å². The van der Waals surface area contributed by atoms with Crippen molar-refractivity contribution in [2.75, 3.05) is 6.54 Å². The molecule has 10 nitrogen and oxygen atoms in total. The fourth-order valence-corrected chi connectivity index (χ4v) is 4.94. The summed E-state index contributed by atoms with van der Waals surface area (Å²) >= 11 is 1.27. The van der Waals surface area contributed by atoms with Crippen LogP contribution in [0.2, 0.25) is 0 Å². The number of hydrogen-bond acceptors (Lipinski definition) is 7. The second kappa shape index (κ2) is 5.49. The Morgan fingerprint density at radius 1 is 1.48 bits per heavy atom. The van der Waals surface area contributed by atoms with Crippen molar-refractivity contribution in [3.8, 4) is 0 Å². The van der Waals surface area contributed by atoms with Crippen molar-refractivity contribution in [3.63, 3.8) is 0 Å². The van der Waals surface area contributed by atoms with Crippen molar-refractivity contribution in [2.24, 2.45) is 23.5 Å². The maximum Gasteiger partial charge on any atom is 0.329 e. The monoisotopic (exact) mass is 341 g/mol. The minimum atomic E-state index is -1.61. The van der Waals surface area contributed by atoms with E-state index in [1.54, 1.807) is 0 Å². The lowest BCUT2D eigenvalue weighted by molar-refractivity contribution is -0.149. The van der Waals surface area contributed by atoms with Crippen LogP contribution in [0.15, 0.2) is 11.2 Å². The number of hydrogen-bond donors (Lipinski definition) is 5. The smallest absolute Gasteiger partial charge is 0.329 e. The maximum atomic E-state index is 11.8. The quantitative estimate of drug-likeness (QED) is 0.413. The SMILES string of the molecule is NCC(=O)N[C@@]1(C(=O)O)C[C@@H](Sc2cn[nH]n2)[C@H]2[C@H](C(=O)O)[C@H]21. The minimum Gasteiger partial charge on any atom is -0.481 e. The van der Waals surface area contributed by atoms with Crippen LogP contribution in [0.3, 0.4) is 0 Å². The van der Waals surface area contributed by atoms with E-state index in [9.17, 15) is 24.6 Å². The Balaban J connectivity index is 1.89. The lowest BCUT2D eigenvalue weighted by Crippen LogP contribution is -2.57. The van der Waals surface area contributed by atoms with Crippen molar-refractivity contribution < 1.29 is 24.6 Å². The second-order valence-corrected chi connectivity index (χ2v) is 6.92. The summed E-state index contributed by atoms with van der Waals surface area (Å²) < 4.78 is 0. The average molecular weight is 341 g/mol. The van der Waals surface area contributed by atoms with Crippen LogP contribution in [-0.2, 0) is 14.4 Å². The Kier molecular flexibility index (Phi) is 3.76. The first-order chi connectivity index (χ1) is 10.9. The summed E-state index contributed by atoms with van der Waals surface area (Å²) in [5.74, 6) is -4.71. The van der Waals surface area contributed by atoms with Gasteiger partial charge in [0.1, 0.15) is 10.6 Å². The molecular formula is C12H15N5O5S. The number of aromatic nitrogens is 3. The number of carbonyl (C=O) groups is 3. The molecule has 2 aliphatic rings. The number of aromatic amines is 1. The number of carboxylic acids is 2. The number of carbonyl (C=O) groups excluding carboxylic acids is 1. The molecule has 0 aromatic carbocycles. The highest BCUT2D eigenvalue weighted by atomic mass is 32.2. The van der Waals surface area contributed by atoms with Gasteiger partial charge in [-0.05, 0) is 12.3 Å². The van der Waals surface area contributed by atoms with E-state index in [0.29, 0.717) is 5.03 Å². The van der Waals surface area contributed by atoms with E-state index in [4.69, 9.17) is 5.73 Å². The van der Waals surface area contributed by atoms with Crippen molar-refractivity contribution in [2.45, 2.75) is 22.2 Å². The molecule has 1 amide bonds. The molecule has 0 unspecified atom stereocenters. The number of H-pyrrole nitrogens is 1. The van der Waals surface area contributed by atoms with E-state index < -0.39 is 35.2 Å². The Bertz CT molecular complexity index is 652. The standard InChI is InChI=1S/C12H15N5O5S/c13-2-5(18)15-12(11(21)22)1-4(23-6-3-14-17-16-6)7-8(9(7)12)10(19)20/h3-4,7-9H,1-2,13H2,(H,15,18)(H,19,20)(H,21,22)(H,14,16,17)/t4-,7+,8+,9+,12+/m1/s1. The van der Waals surface area contributed by atoms with Crippen LogP contribution < -0.4 is 11.1 Å². The first-order valence-corrected chi connectivity index (χ1v) is 7.78. The predicted octanol–water partition coefficient (Wildman–Crippen LogP) is -1.49. The van der Waals surface area contributed by atoms with Crippen molar-refractivity contribution in [1.29, 1.82) is 0 Å². The average Bonchev–Trinajstić information content (AvgIpc) is 2.91. The lowest BCUT2D eigenvalue weighted by atomic mass is 9.90. The molecule has 5 atom stereocenters. The van der Waals surface area contributed by atoms with Gasteiger partial charge >= 0.3 is 11.9 Å². The van der Waals surface area contributed by atoms with Gasteiger partial charge in [0.15, 0.2) is 0 Å². The molecule has 124 valence electrons. The Hall–Kier alpha value is -2.14. The van der Waals surface area contributed by atoms with Gasteiger partial charge in [0.2, 0.25) is 5.91 Å². The molecule has 2 aliphatic carbocycles. The molecule has 0 spiro atoms. The summed E-state index contributed by atoms with van der Waals surface area (Å²) in [5.41, 5.74) is 3.65. The van der Waals surface area contributed by atoms with Crippen LogP contribution in [-0.4, -0.2) is 60.8 Å². The highest BCUT2D eigenvalue weighted by Gasteiger charge is 2.75. The zero-order valence-corrected chi connectivity index (χ0v) is 12.6. The lowest BCUT2D eigenvalue weighted by Gasteiger charge is -2.29. The summed E-state index contributed by atoms with van der Waals surface area (Å²) in [6.07, 6.45) is 1.60. The van der Waals surface area contributed by atoms with Gasteiger partial charge in [0.05, 0.1) is 18.7 Å². The van der Waals surface area contributed by atoms with E-state index >= 15 is 0 Å². The van der Waals surface area contributed by atoms with Crippen LogP contribution in [0.1, 0.15) is 6.42 Å². The van der Waals surface area contributed by atoms with E-state index in [0.717, 1.165) is 0 Å². The minimum absolute atomic E-state index is 0.116. The fourth-order valence-electron chi connectivity index (χ4n) is 3.58. The van der Waals surface area contributed by atoms with E-state index in [-0.39, 0.29) is 24.1 Å². The summed E-state index contributed by atoms with van der Waals surface area (Å²) in [6.45, 7) is -0.356. The van der Waals surface area contributed by atoms with Gasteiger partial charge in [-0.3, -0.25) is 9.59 Å². The topological polar surface area (TPSA) is 171 Å². The number of amides is 1. The van der Waals surface area contributed by atoms with Crippen LogP contribution in [0, 0.1) is 17.8 Å². The second-order valence-electron chi connectivity index (χ2n) is 5.66. The third-order valence-electron chi connectivity index (χ3n) is 4.48. The van der Waals surface area contributed by atoms with Gasteiger partial charge < -0.3 is 21.3 Å². The van der Waals surface area contributed by atoms with Gasteiger partial charge in [-0.25, -0.2) is 4.79 Å². The van der Waals surface area contributed by atoms with E-state index in [1.807, 2.05) is 0 Å². The first kappa shape index (κ1) is 15.7. The Morgan fingerprint density at radius 3 is 2.74 bits per heavy atom. The molecular weight excluding hydrogens is 326 g/mol. The Morgan fingerprint density at radius 2 is 2.22 bits per heavy atom. The number of nitrogens with two attached hydrogens (primary N) is 1. The van der Waals surface area contributed by atoms with Crippen molar-refractivity contribution in [3.05, 3.63) is 6.20 Å². The molecule has 11 heteroatoms. The third-order valence-corrected chi connectivity index (χ3v) is 5.70.